The van der Waals surface area contributed by atoms with Gasteiger partial charge in [0.1, 0.15) is 11.8 Å². The zero-order chi connectivity index (χ0) is 17.0. The van der Waals surface area contributed by atoms with Crippen LogP contribution in [0.25, 0.3) is 0 Å². The van der Waals surface area contributed by atoms with Gasteiger partial charge in [0.2, 0.25) is 0 Å². The van der Waals surface area contributed by atoms with Crippen molar-refractivity contribution in [1.29, 1.82) is 0 Å². The molecule has 24 heavy (non-hydrogen) atoms. The number of hydrogen-bond acceptors (Lipinski definition) is 2. The Bertz CT molecular complexity index is 748. The predicted octanol–water partition coefficient (Wildman–Crippen LogP) is 2.58. The number of aryl methyl sites for hydroxylation is 1. The molecule has 3 nitrogen and oxygen atoms in total. The zero-order valence-corrected chi connectivity index (χ0v) is 15.1. The lowest BCUT2D eigenvalue weighted by molar-refractivity contribution is -0.933. The van der Waals surface area contributed by atoms with Crippen molar-refractivity contribution in [2.24, 2.45) is 0 Å². The summed E-state index contributed by atoms with van der Waals surface area (Å²) in [5, 5.41) is 0. The highest BCUT2D eigenvalue weighted by Crippen LogP contribution is 2.19. The fourth-order valence-corrected chi connectivity index (χ4v) is 5.16. The average molecular weight is 345 g/mol. The van der Waals surface area contributed by atoms with Gasteiger partial charge in [-0.15, -0.1) is 0 Å². The molecule has 1 fully saturated rings. The molecule has 0 aromatic heterocycles. The highest BCUT2D eigenvalue weighted by molar-refractivity contribution is 7.91. The standard InChI is InChI=1S/C20H25NO2S/c1-17-10-12-19(13-11-17)24(22,23)16-20(18-8-4-2-5-9-18)21-14-6-3-7-15-21/h2,4-5,8-13,20H,3,6-7,14-16H2,1H3/p+1/t20-/m1/s1. The summed E-state index contributed by atoms with van der Waals surface area (Å²) in [5.41, 5.74) is 2.21. The van der Waals surface area contributed by atoms with Gasteiger partial charge in [0.05, 0.1) is 18.0 Å². The second-order valence-corrected chi connectivity index (χ2v) is 8.81. The van der Waals surface area contributed by atoms with E-state index in [1.807, 2.05) is 37.3 Å². The molecule has 0 saturated carbocycles. The number of likely N-dealkylation sites (tertiary alicyclic amines) is 1. The first kappa shape index (κ1) is 17.2. The van der Waals surface area contributed by atoms with Gasteiger partial charge in [-0.1, -0.05) is 48.0 Å². The van der Waals surface area contributed by atoms with Crippen LogP contribution < -0.4 is 4.90 Å². The van der Waals surface area contributed by atoms with Gasteiger partial charge in [0.15, 0.2) is 9.84 Å². The largest absolute Gasteiger partial charge is 0.328 e. The summed E-state index contributed by atoms with van der Waals surface area (Å²) in [6, 6.07) is 17.4. The molecule has 0 unspecified atom stereocenters. The van der Waals surface area contributed by atoms with E-state index in [1.165, 1.54) is 24.2 Å². The van der Waals surface area contributed by atoms with Gasteiger partial charge in [-0.25, -0.2) is 8.42 Å². The average Bonchev–Trinajstić information content (AvgIpc) is 2.62. The van der Waals surface area contributed by atoms with E-state index in [0.717, 1.165) is 24.2 Å². The summed E-state index contributed by atoms with van der Waals surface area (Å²) in [7, 11) is -3.29. The molecule has 3 rings (SSSR count). The summed E-state index contributed by atoms with van der Waals surface area (Å²) in [5.74, 6) is 0.176. The SMILES string of the molecule is Cc1ccc(S(=O)(=O)C[C@H](c2ccccc2)[NH+]2CCCCC2)cc1. The highest BCUT2D eigenvalue weighted by Gasteiger charge is 2.31. The number of hydrogen-bond donors (Lipinski definition) is 1. The van der Waals surface area contributed by atoms with Crippen molar-refractivity contribution in [3.05, 3.63) is 65.7 Å². The van der Waals surface area contributed by atoms with Crippen LogP contribution in [-0.2, 0) is 9.84 Å². The summed E-state index contributed by atoms with van der Waals surface area (Å²) in [4.78, 5) is 1.84. The molecule has 1 aliphatic rings. The van der Waals surface area contributed by atoms with Crippen LogP contribution in [0.15, 0.2) is 59.5 Å². The molecule has 1 aliphatic heterocycles. The van der Waals surface area contributed by atoms with Gasteiger partial charge >= 0.3 is 0 Å². The van der Waals surface area contributed by atoms with E-state index in [1.54, 1.807) is 12.1 Å². The van der Waals surface area contributed by atoms with E-state index in [-0.39, 0.29) is 11.8 Å². The Labute approximate surface area is 145 Å². The molecule has 0 amide bonds. The minimum Gasteiger partial charge on any atom is -0.328 e. The second kappa shape index (κ2) is 7.49. The first-order valence-corrected chi connectivity index (χ1v) is 10.4. The van der Waals surface area contributed by atoms with Gasteiger partial charge in [-0.05, 0) is 38.3 Å². The first-order chi connectivity index (χ1) is 11.6. The molecular formula is C20H26NO2S+. The first-order valence-electron chi connectivity index (χ1n) is 8.75. The van der Waals surface area contributed by atoms with E-state index < -0.39 is 9.84 Å². The topological polar surface area (TPSA) is 38.6 Å². The molecule has 4 heteroatoms. The third-order valence-corrected chi connectivity index (χ3v) is 6.72. The van der Waals surface area contributed by atoms with Crippen LogP contribution >= 0.6 is 0 Å². The Morgan fingerprint density at radius 3 is 2.17 bits per heavy atom. The molecular weight excluding hydrogens is 318 g/mol. The third-order valence-electron chi connectivity index (χ3n) is 4.96. The smallest absolute Gasteiger partial charge is 0.184 e. The van der Waals surface area contributed by atoms with Crippen LogP contribution in [0.1, 0.15) is 36.4 Å². The maximum absolute atomic E-state index is 13.0. The van der Waals surface area contributed by atoms with Crippen molar-refractivity contribution in [2.45, 2.75) is 37.1 Å². The molecule has 0 radical (unpaired) electrons. The van der Waals surface area contributed by atoms with Crippen LogP contribution in [0, 0.1) is 6.92 Å². The van der Waals surface area contributed by atoms with Crippen LogP contribution in [-0.4, -0.2) is 27.3 Å². The molecule has 1 atom stereocenters. The van der Waals surface area contributed by atoms with E-state index in [0.29, 0.717) is 4.90 Å². The van der Waals surface area contributed by atoms with E-state index in [4.69, 9.17) is 0 Å². The van der Waals surface area contributed by atoms with Gasteiger partial charge in [-0.3, -0.25) is 0 Å². The van der Waals surface area contributed by atoms with Crippen LogP contribution in [0.4, 0.5) is 0 Å². The van der Waals surface area contributed by atoms with Crippen molar-refractivity contribution in [3.8, 4) is 0 Å². The molecule has 0 spiro atoms. The van der Waals surface area contributed by atoms with Gasteiger partial charge in [0.25, 0.3) is 0 Å². The molecule has 0 bridgehead atoms. The molecule has 128 valence electrons. The zero-order valence-electron chi connectivity index (χ0n) is 14.2. The predicted molar refractivity (Wildman–Crippen MR) is 97.0 cm³/mol. The van der Waals surface area contributed by atoms with E-state index in [2.05, 4.69) is 12.1 Å². The van der Waals surface area contributed by atoms with Gasteiger partial charge < -0.3 is 4.90 Å². The number of nitrogens with one attached hydrogen (secondary N) is 1. The lowest BCUT2D eigenvalue weighted by atomic mass is 10.0. The van der Waals surface area contributed by atoms with E-state index in [9.17, 15) is 8.42 Å². The van der Waals surface area contributed by atoms with Crippen molar-refractivity contribution in [2.75, 3.05) is 18.8 Å². The number of rotatable bonds is 5. The summed E-state index contributed by atoms with van der Waals surface area (Å²) in [6.07, 6.45) is 3.63. The molecule has 1 N–H and O–H groups in total. The van der Waals surface area contributed by atoms with Gasteiger partial charge in [-0.2, -0.15) is 0 Å². The number of benzene rings is 2. The lowest BCUT2D eigenvalue weighted by Gasteiger charge is -2.31. The lowest BCUT2D eigenvalue weighted by Crippen LogP contribution is -3.13. The molecule has 0 aliphatic carbocycles. The highest BCUT2D eigenvalue weighted by atomic mass is 32.2. The number of quaternary nitrogens is 1. The fraction of sp³-hybridized carbons (Fsp3) is 0.400. The van der Waals surface area contributed by atoms with Crippen molar-refractivity contribution < 1.29 is 13.3 Å². The molecule has 2 aromatic carbocycles. The van der Waals surface area contributed by atoms with Crippen molar-refractivity contribution >= 4 is 9.84 Å². The second-order valence-electron chi connectivity index (χ2n) is 6.78. The normalized spacial score (nSPS) is 17.5. The summed E-state index contributed by atoms with van der Waals surface area (Å²) in [6.45, 7) is 4.09. The minimum atomic E-state index is -3.29. The van der Waals surface area contributed by atoms with Crippen molar-refractivity contribution in [1.82, 2.24) is 0 Å². The number of sulfone groups is 1. The van der Waals surface area contributed by atoms with E-state index >= 15 is 0 Å². The Morgan fingerprint density at radius 1 is 0.917 bits per heavy atom. The van der Waals surface area contributed by atoms with Crippen LogP contribution in [0.2, 0.25) is 0 Å². The summed E-state index contributed by atoms with van der Waals surface area (Å²) < 4.78 is 25.9. The monoisotopic (exact) mass is 344 g/mol. The Hall–Kier alpha value is -1.65. The maximum Gasteiger partial charge on any atom is 0.184 e. The quantitative estimate of drug-likeness (QED) is 0.905. The van der Waals surface area contributed by atoms with Gasteiger partial charge in [0, 0.05) is 5.56 Å². The van der Waals surface area contributed by atoms with Crippen LogP contribution in [0.5, 0.6) is 0 Å². The third kappa shape index (κ3) is 4.05. The molecule has 2 aromatic rings. The Kier molecular flexibility index (Phi) is 5.36. The Morgan fingerprint density at radius 2 is 1.54 bits per heavy atom. The van der Waals surface area contributed by atoms with Crippen molar-refractivity contribution in [3.63, 3.8) is 0 Å². The Balaban J connectivity index is 1.89. The minimum absolute atomic E-state index is 0.0119. The fourth-order valence-electron chi connectivity index (χ4n) is 3.55. The summed E-state index contributed by atoms with van der Waals surface area (Å²) >= 11 is 0. The molecule has 1 heterocycles. The van der Waals surface area contributed by atoms with Crippen LogP contribution in [0.3, 0.4) is 0 Å². The maximum atomic E-state index is 13.0. The molecule has 1 saturated heterocycles. The number of piperidine rings is 1.